The summed E-state index contributed by atoms with van der Waals surface area (Å²) < 4.78 is 45.0. The second kappa shape index (κ2) is 9.41. The van der Waals surface area contributed by atoms with E-state index in [9.17, 15) is 18.0 Å². The van der Waals surface area contributed by atoms with Gasteiger partial charge in [0.2, 0.25) is 17.7 Å². The largest absolute Gasteiger partial charge is 0.434 e. The highest BCUT2D eigenvalue weighted by Crippen LogP contribution is 2.33. The molecule has 1 amide bonds. The molecule has 1 aromatic carbocycles. The SMILES string of the molecule is Cc1cnn(C(C)C)c1-c1nc2n(n1)CCC(=O)N2Cc1ccc(-c2nc(C(F)(F)F)cn2C(C)C)cc1. The standard InChI is InChI=1S/C26H29F3N8O/c1-15(2)34-14-20(26(27,28)29)31-24(34)19-8-6-18(7-9-19)13-35-21(38)10-11-36-25(35)32-23(33-36)22-17(5)12-30-37(22)16(3)4/h6-9,12,14-16H,10-11,13H2,1-5H3. The van der Waals surface area contributed by atoms with E-state index in [0.29, 0.717) is 30.3 Å². The molecular formula is C26H29F3N8O. The average Bonchev–Trinajstić information content (AvgIpc) is 3.57. The smallest absolute Gasteiger partial charge is 0.328 e. The number of benzene rings is 1. The molecule has 1 aliphatic heterocycles. The minimum atomic E-state index is -4.52. The normalized spacial score (nSPS) is 14.2. The molecule has 0 unspecified atom stereocenters. The first-order valence-corrected chi connectivity index (χ1v) is 12.5. The van der Waals surface area contributed by atoms with Gasteiger partial charge >= 0.3 is 6.18 Å². The van der Waals surface area contributed by atoms with Crippen molar-refractivity contribution in [3.05, 3.63) is 53.5 Å². The monoisotopic (exact) mass is 526 g/mol. The summed E-state index contributed by atoms with van der Waals surface area (Å²) in [4.78, 5) is 23.1. The Kier molecular flexibility index (Phi) is 6.36. The number of rotatable bonds is 6. The average molecular weight is 527 g/mol. The fourth-order valence-corrected chi connectivity index (χ4v) is 4.59. The lowest BCUT2D eigenvalue weighted by molar-refractivity contribution is -0.140. The van der Waals surface area contributed by atoms with Crippen molar-refractivity contribution < 1.29 is 18.0 Å². The van der Waals surface area contributed by atoms with E-state index in [0.717, 1.165) is 23.0 Å². The van der Waals surface area contributed by atoms with E-state index >= 15 is 0 Å². The molecule has 4 aromatic rings. The summed E-state index contributed by atoms with van der Waals surface area (Å²) in [5.41, 5.74) is 2.21. The first-order valence-electron chi connectivity index (χ1n) is 12.5. The van der Waals surface area contributed by atoms with Gasteiger partial charge in [0.1, 0.15) is 11.5 Å². The van der Waals surface area contributed by atoms with Crippen LogP contribution in [0.25, 0.3) is 22.9 Å². The lowest BCUT2D eigenvalue weighted by atomic mass is 10.1. The molecule has 1 aliphatic rings. The predicted molar refractivity (Wildman–Crippen MR) is 135 cm³/mol. The number of anilines is 1. The maximum Gasteiger partial charge on any atom is 0.434 e. The quantitative estimate of drug-likeness (QED) is 0.334. The van der Waals surface area contributed by atoms with E-state index in [1.807, 2.05) is 39.3 Å². The first-order chi connectivity index (χ1) is 17.9. The highest BCUT2D eigenvalue weighted by atomic mass is 19.4. The second-order valence-corrected chi connectivity index (χ2v) is 10.0. The summed E-state index contributed by atoms with van der Waals surface area (Å²) >= 11 is 0. The van der Waals surface area contributed by atoms with Gasteiger partial charge in [-0.3, -0.25) is 14.4 Å². The fourth-order valence-electron chi connectivity index (χ4n) is 4.59. The molecular weight excluding hydrogens is 497 g/mol. The molecule has 3 aromatic heterocycles. The van der Waals surface area contributed by atoms with Crippen molar-refractivity contribution in [2.75, 3.05) is 4.90 Å². The molecule has 0 fully saturated rings. The summed E-state index contributed by atoms with van der Waals surface area (Å²) in [5, 5.41) is 9.12. The Labute approximate surface area is 217 Å². The number of imidazole rings is 1. The first kappa shape index (κ1) is 25.7. The Morgan fingerprint density at radius 3 is 2.37 bits per heavy atom. The number of aromatic nitrogens is 7. The van der Waals surface area contributed by atoms with Crippen LogP contribution >= 0.6 is 0 Å². The van der Waals surface area contributed by atoms with Gasteiger partial charge in [0, 0.05) is 30.3 Å². The van der Waals surface area contributed by atoms with Crippen molar-refractivity contribution in [2.45, 2.75) is 72.4 Å². The maximum atomic E-state index is 13.3. The Morgan fingerprint density at radius 2 is 1.74 bits per heavy atom. The molecule has 0 radical (unpaired) electrons. The Bertz CT molecular complexity index is 1480. The zero-order valence-electron chi connectivity index (χ0n) is 21.9. The molecule has 4 heterocycles. The van der Waals surface area contributed by atoms with Gasteiger partial charge < -0.3 is 4.57 Å². The van der Waals surface area contributed by atoms with E-state index in [-0.39, 0.29) is 30.4 Å². The molecule has 12 heteroatoms. The van der Waals surface area contributed by atoms with E-state index in [1.54, 1.807) is 40.0 Å². The van der Waals surface area contributed by atoms with E-state index in [2.05, 4.69) is 15.2 Å². The Morgan fingerprint density at radius 1 is 1.03 bits per heavy atom. The molecule has 0 saturated heterocycles. The van der Waals surface area contributed by atoms with Gasteiger partial charge in [-0.2, -0.15) is 23.3 Å². The molecule has 38 heavy (non-hydrogen) atoms. The number of fused-ring (bicyclic) bond motifs is 1. The number of carbonyl (C=O) groups excluding carboxylic acids is 1. The molecule has 200 valence electrons. The number of alkyl halides is 3. The zero-order valence-corrected chi connectivity index (χ0v) is 21.9. The summed E-state index contributed by atoms with van der Waals surface area (Å²) in [6, 6.07) is 6.97. The molecule has 0 spiro atoms. The van der Waals surface area contributed by atoms with Crippen molar-refractivity contribution in [3.63, 3.8) is 0 Å². The van der Waals surface area contributed by atoms with Crippen LogP contribution in [0.3, 0.4) is 0 Å². The number of carbonyl (C=O) groups is 1. The minimum Gasteiger partial charge on any atom is -0.328 e. The van der Waals surface area contributed by atoms with Gasteiger partial charge in [0.25, 0.3) is 0 Å². The van der Waals surface area contributed by atoms with Gasteiger partial charge in [-0.15, -0.1) is 5.10 Å². The lowest BCUT2D eigenvalue weighted by Gasteiger charge is -2.26. The molecule has 5 rings (SSSR count). The molecule has 0 saturated carbocycles. The number of halogens is 3. The van der Waals surface area contributed by atoms with Crippen LogP contribution in [-0.4, -0.2) is 40.0 Å². The number of amides is 1. The summed E-state index contributed by atoms with van der Waals surface area (Å²) in [5.74, 6) is 1.15. The van der Waals surface area contributed by atoms with E-state index in [1.165, 1.54) is 4.57 Å². The molecule has 0 bridgehead atoms. The van der Waals surface area contributed by atoms with Gasteiger partial charge in [-0.05, 0) is 45.7 Å². The highest BCUT2D eigenvalue weighted by Gasteiger charge is 2.35. The third kappa shape index (κ3) is 4.59. The van der Waals surface area contributed by atoms with Gasteiger partial charge in [-0.25, -0.2) is 9.67 Å². The molecule has 0 atom stereocenters. The van der Waals surface area contributed by atoms with Crippen LogP contribution < -0.4 is 4.90 Å². The number of nitrogens with zero attached hydrogens (tertiary/aromatic N) is 8. The molecule has 9 nitrogen and oxygen atoms in total. The van der Waals surface area contributed by atoms with Gasteiger partial charge in [0.15, 0.2) is 5.69 Å². The molecule has 0 N–H and O–H groups in total. The van der Waals surface area contributed by atoms with Crippen molar-refractivity contribution >= 4 is 11.9 Å². The molecule has 0 aliphatic carbocycles. The Balaban J connectivity index is 1.44. The van der Waals surface area contributed by atoms with Crippen LogP contribution in [0.4, 0.5) is 19.1 Å². The van der Waals surface area contributed by atoms with Crippen molar-refractivity contribution in [3.8, 4) is 22.9 Å². The number of aryl methyl sites for hydroxylation is 2. The third-order valence-electron chi connectivity index (χ3n) is 6.54. The zero-order chi connectivity index (χ0) is 27.4. The van der Waals surface area contributed by atoms with Crippen LogP contribution in [0.15, 0.2) is 36.7 Å². The van der Waals surface area contributed by atoms with Gasteiger partial charge in [-0.1, -0.05) is 24.3 Å². The number of hydrogen-bond acceptors (Lipinski definition) is 5. The number of hydrogen-bond donors (Lipinski definition) is 0. The van der Waals surface area contributed by atoms with Crippen LogP contribution in [0.2, 0.25) is 0 Å². The Hall–Kier alpha value is -3.96. The fraction of sp³-hybridized carbons (Fsp3) is 0.423. The van der Waals surface area contributed by atoms with E-state index < -0.39 is 11.9 Å². The van der Waals surface area contributed by atoms with Crippen molar-refractivity contribution in [1.82, 2.24) is 34.1 Å². The summed E-state index contributed by atoms with van der Waals surface area (Å²) in [6.07, 6.45) is -1.41. The van der Waals surface area contributed by atoms with Crippen LogP contribution in [0, 0.1) is 6.92 Å². The minimum absolute atomic E-state index is 0.0696. The summed E-state index contributed by atoms with van der Waals surface area (Å²) in [7, 11) is 0. The maximum absolute atomic E-state index is 13.3. The van der Waals surface area contributed by atoms with Crippen molar-refractivity contribution in [2.24, 2.45) is 0 Å². The third-order valence-corrected chi connectivity index (χ3v) is 6.54. The van der Waals surface area contributed by atoms with Crippen LogP contribution in [0.5, 0.6) is 0 Å². The van der Waals surface area contributed by atoms with Crippen molar-refractivity contribution in [1.29, 1.82) is 0 Å². The van der Waals surface area contributed by atoms with Crippen LogP contribution in [0.1, 0.15) is 63.0 Å². The highest BCUT2D eigenvalue weighted by molar-refractivity contribution is 5.93. The lowest BCUT2D eigenvalue weighted by Crippen LogP contribution is -2.37. The van der Waals surface area contributed by atoms with Crippen LogP contribution in [-0.2, 0) is 24.1 Å². The predicted octanol–water partition coefficient (Wildman–Crippen LogP) is 5.43. The second-order valence-electron chi connectivity index (χ2n) is 10.0. The topological polar surface area (TPSA) is 86.7 Å². The summed E-state index contributed by atoms with van der Waals surface area (Å²) in [6.45, 7) is 10.3. The van der Waals surface area contributed by atoms with E-state index in [4.69, 9.17) is 4.98 Å². The van der Waals surface area contributed by atoms with Gasteiger partial charge in [0.05, 0.1) is 19.3 Å².